The number of thiocarbonyl (C=S) groups is 1. The van der Waals surface area contributed by atoms with Gasteiger partial charge in [-0.15, -0.1) is 0 Å². The van der Waals surface area contributed by atoms with Crippen molar-refractivity contribution in [1.29, 1.82) is 0 Å². The monoisotopic (exact) mass is 307 g/mol. The fourth-order valence-corrected chi connectivity index (χ4v) is 2.31. The van der Waals surface area contributed by atoms with Crippen LogP contribution < -0.4 is 5.32 Å². The van der Waals surface area contributed by atoms with Crippen LogP contribution in [0.4, 0.5) is 5.69 Å². The molecule has 0 radical (unpaired) electrons. The van der Waals surface area contributed by atoms with Crippen molar-refractivity contribution in [2.45, 2.75) is 6.92 Å². The molecule has 2 rings (SSSR count). The highest BCUT2D eigenvalue weighted by atomic mass is 32.1. The largest absolute Gasteiger partial charge is 0.378 e. The molecule has 1 aliphatic rings. The lowest BCUT2D eigenvalue weighted by molar-refractivity contribution is -0.135. The minimum Gasteiger partial charge on any atom is -0.378 e. The zero-order valence-electron chi connectivity index (χ0n) is 12.5. The standard InChI is InChI=1S/C15H21N3O2S/c1-12-4-3-5-13(10-12)16-15(21)17(2)11-14(19)18-6-8-20-9-7-18/h3-5,10H,6-9,11H2,1-2H3,(H,16,21). The summed E-state index contributed by atoms with van der Waals surface area (Å²) in [6.07, 6.45) is 0. The highest BCUT2D eigenvalue weighted by molar-refractivity contribution is 7.80. The van der Waals surface area contributed by atoms with Crippen molar-refractivity contribution in [3.05, 3.63) is 29.8 Å². The van der Waals surface area contributed by atoms with Gasteiger partial charge < -0.3 is 19.9 Å². The molecule has 0 spiro atoms. The highest BCUT2D eigenvalue weighted by Crippen LogP contribution is 2.10. The first-order valence-corrected chi connectivity index (χ1v) is 7.41. The molecule has 0 aromatic heterocycles. The van der Waals surface area contributed by atoms with E-state index < -0.39 is 0 Å². The Labute approximate surface area is 130 Å². The summed E-state index contributed by atoms with van der Waals surface area (Å²) in [5.74, 6) is 0.0780. The molecule has 1 heterocycles. The van der Waals surface area contributed by atoms with Crippen molar-refractivity contribution in [2.24, 2.45) is 0 Å². The van der Waals surface area contributed by atoms with Crippen LogP contribution in [0.2, 0.25) is 0 Å². The van der Waals surface area contributed by atoms with Gasteiger partial charge in [-0.25, -0.2) is 0 Å². The third-order valence-electron chi connectivity index (χ3n) is 3.35. The second-order valence-corrected chi connectivity index (χ2v) is 5.54. The molecule has 0 aliphatic carbocycles. The molecule has 1 N–H and O–H groups in total. The van der Waals surface area contributed by atoms with Crippen LogP contribution in [0.1, 0.15) is 5.56 Å². The number of hydrogen-bond donors (Lipinski definition) is 1. The summed E-state index contributed by atoms with van der Waals surface area (Å²) < 4.78 is 5.25. The number of nitrogens with zero attached hydrogens (tertiary/aromatic N) is 2. The summed E-state index contributed by atoms with van der Waals surface area (Å²) in [6, 6.07) is 7.97. The number of carbonyl (C=O) groups is 1. The van der Waals surface area contributed by atoms with Gasteiger partial charge in [-0.2, -0.15) is 0 Å². The molecule has 114 valence electrons. The molecule has 6 heteroatoms. The normalized spacial score (nSPS) is 14.7. The number of anilines is 1. The first-order valence-electron chi connectivity index (χ1n) is 7.00. The third-order valence-corrected chi connectivity index (χ3v) is 3.77. The smallest absolute Gasteiger partial charge is 0.242 e. The SMILES string of the molecule is Cc1cccc(NC(=S)N(C)CC(=O)N2CCOCC2)c1. The number of amides is 1. The zero-order valence-corrected chi connectivity index (χ0v) is 13.3. The Morgan fingerprint density at radius 1 is 1.43 bits per heavy atom. The van der Waals surface area contributed by atoms with E-state index in [4.69, 9.17) is 17.0 Å². The second kappa shape index (κ2) is 7.38. The van der Waals surface area contributed by atoms with Crippen molar-refractivity contribution in [1.82, 2.24) is 9.80 Å². The number of rotatable bonds is 3. The Balaban J connectivity index is 1.85. The fraction of sp³-hybridized carbons (Fsp3) is 0.467. The summed E-state index contributed by atoms with van der Waals surface area (Å²) in [5, 5.41) is 3.70. The summed E-state index contributed by atoms with van der Waals surface area (Å²) in [7, 11) is 1.82. The van der Waals surface area contributed by atoms with E-state index in [0.717, 1.165) is 11.3 Å². The average Bonchev–Trinajstić information content (AvgIpc) is 2.48. The predicted molar refractivity (Wildman–Crippen MR) is 87.4 cm³/mol. The molecule has 1 fully saturated rings. The number of morpholine rings is 1. The van der Waals surface area contributed by atoms with Gasteiger partial charge in [0.2, 0.25) is 5.91 Å². The van der Waals surface area contributed by atoms with Gasteiger partial charge in [0.15, 0.2) is 5.11 Å². The second-order valence-electron chi connectivity index (χ2n) is 5.15. The number of likely N-dealkylation sites (N-methyl/N-ethyl adjacent to an activating group) is 1. The molecule has 1 saturated heterocycles. The molecule has 0 unspecified atom stereocenters. The van der Waals surface area contributed by atoms with E-state index in [0.29, 0.717) is 31.4 Å². The van der Waals surface area contributed by atoms with Crippen molar-refractivity contribution >= 4 is 28.9 Å². The molecule has 1 aromatic rings. The van der Waals surface area contributed by atoms with Gasteiger partial charge in [0.1, 0.15) is 0 Å². The maximum Gasteiger partial charge on any atom is 0.242 e. The molecule has 5 nitrogen and oxygen atoms in total. The fourth-order valence-electron chi connectivity index (χ4n) is 2.13. The van der Waals surface area contributed by atoms with Gasteiger partial charge in [0, 0.05) is 25.8 Å². The number of hydrogen-bond acceptors (Lipinski definition) is 3. The topological polar surface area (TPSA) is 44.8 Å². The summed E-state index contributed by atoms with van der Waals surface area (Å²) in [4.78, 5) is 15.7. The number of aryl methyl sites for hydroxylation is 1. The van der Waals surface area contributed by atoms with E-state index in [1.165, 1.54) is 0 Å². The number of ether oxygens (including phenoxy) is 1. The lowest BCUT2D eigenvalue weighted by atomic mass is 10.2. The minimum atomic E-state index is 0.0780. The van der Waals surface area contributed by atoms with Gasteiger partial charge in [0.25, 0.3) is 0 Å². The van der Waals surface area contributed by atoms with Crippen LogP contribution in [0.5, 0.6) is 0 Å². The summed E-state index contributed by atoms with van der Waals surface area (Å²) >= 11 is 5.34. The zero-order chi connectivity index (χ0) is 15.2. The molecule has 0 atom stereocenters. The van der Waals surface area contributed by atoms with E-state index in [1.54, 1.807) is 4.90 Å². The van der Waals surface area contributed by atoms with Crippen molar-refractivity contribution in [3.63, 3.8) is 0 Å². The first kappa shape index (κ1) is 15.7. The van der Waals surface area contributed by atoms with Crippen LogP contribution in [0.25, 0.3) is 0 Å². The molecule has 1 aliphatic heterocycles. The van der Waals surface area contributed by atoms with Crippen LogP contribution in [-0.4, -0.2) is 60.7 Å². The van der Waals surface area contributed by atoms with E-state index in [9.17, 15) is 4.79 Å². The van der Waals surface area contributed by atoms with Crippen LogP contribution in [0, 0.1) is 6.92 Å². The Kier molecular flexibility index (Phi) is 5.52. The maximum atomic E-state index is 12.2. The lowest BCUT2D eigenvalue weighted by Crippen LogP contribution is -2.46. The average molecular weight is 307 g/mol. The lowest BCUT2D eigenvalue weighted by Gasteiger charge is -2.29. The van der Waals surface area contributed by atoms with Gasteiger partial charge in [-0.05, 0) is 36.8 Å². The molecule has 1 amide bonds. The number of benzene rings is 1. The van der Waals surface area contributed by atoms with E-state index >= 15 is 0 Å². The van der Waals surface area contributed by atoms with Gasteiger partial charge in [-0.1, -0.05) is 12.1 Å². The van der Waals surface area contributed by atoms with Gasteiger partial charge in [0.05, 0.1) is 19.8 Å². The van der Waals surface area contributed by atoms with E-state index in [2.05, 4.69) is 5.32 Å². The van der Waals surface area contributed by atoms with Crippen LogP contribution in [0.3, 0.4) is 0 Å². The molecular formula is C15H21N3O2S. The third kappa shape index (κ3) is 4.68. The Morgan fingerprint density at radius 2 is 2.14 bits per heavy atom. The highest BCUT2D eigenvalue weighted by Gasteiger charge is 2.19. The van der Waals surface area contributed by atoms with Gasteiger partial charge >= 0.3 is 0 Å². The Hall–Kier alpha value is -1.66. The predicted octanol–water partition coefficient (Wildman–Crippen LogP) is 1.48. The molecule has 1 aromatic carbocycles. The van der Waals surface area contributed by atoms with Gasteiger partial charge in [-0.3, -0.25) is 4.79 Å². The van der Waals surface area contributed by atoms with Crippen LogP contribution >= 0.6 is 12.2 Å². The van der Waals surface area contributed by atoms with E-state index in [1.807, 2.05) is 43.1 Å². The number of nitrogens with one attached hydrogen (secondary N) is 1. The molecular weight excluding hydrogens is 286 g/mol. The Morgan fingerprint density at radius 3 is 2.81 bits per heavy atom. The number of carbonyl (C=O) groups excluding carboxylic acids is 1. The van der Waals surface area contributed by atoms with Crippen molar-refractivity contribution < 1.29 is 9.53 Å². The summed E-state index contributed by atoms with van der Waals surface area (Å²) in [6.45, 7) is 4.84. The first-order chi connectivity index (χ1) is 10.1. The minimum absolute atomic E-state index is 0.0780. The molecule has 0 bridgehead atoms. The summed E-state index contributed by atoms with van der Waals surface area (Å²) in [5.41, 5.74) is 2.10. The maximum absolute atomic E-state index is 12.2. The van der Waals surface area contributed by atoms with Crippen molar-refractivity contribution in [2.75, 3.05) is 45.2 Å². The molecule has 0 saturated carbocycles. The van der Waals surface area contributed by atoms with Crippen LogP contribution in [-0.2, 0) is 9.53 Å². The van der Waals surface area contributed by atoms with Crippen molar-refractivity contribution in [3.8, 4) is 0 Å². The Bertz CT molecular complexity index is 515. The van der Waals surface area contributed by atoms with Crippen LogP contribution in [0.15, 0.2) is 24.3 Å². The van der Waals surface area contributed by atoms with E-state index in [-0.39, 0.29) is 12.5 Å². The molecule has 21 heavy (non-hydrogen) atoms. The quantitative estimate of drug-likeness (QED) is 0.857.